The molecule has 0 atom stereocenters. The minimum absolute atomic E-state index is 0.0741. The van der Waals surface area contributed by atoms with Gasteiger partial charge in [0.25, 0.3) is 0 Å². The van der Waals surface area contributed by atoms with Gasteiger partial charge in [0.2, 0.25) is 5.91 Å². The van der Waals surface area contributed by atoms with Crippen LogP contribution in [0.3, 0.4) is 0 Å². The van der Waals surface area contributed by atoms with Crippen LogP contribution in [0.5, 0.6) is 0 Å². The number of rotatable bonds is 4. The van der Waals surface area contributed by atoms with Crippen LogP contribution in [-0.4, -0.2) is 36.0 Å². The average Bonchev–Trinajstić information content (AvgIpc) is 3.23. The summed E-state index contributed by atoms with van der Waals surface area (Å²) < 4.78 is 13.5. The van der Waals surface area contributed by atoms with Crippen LogP contribution in [0.1, 0.15) is 25.7 Å². The van der Waals surface area contributed by atoms with Gasteiger partial charge in [-0.3, -0.25) is 4.79 Å². The third-order valence-electron chi connectivity index (χ3n) is 5.26. The highest BCUT2D eigenvalue weighted by molar-refractivity contribution is 5.83. The van der Waals surface area contributed by atoms with Crippen LogP contribution >= 0.6 is 0 Å². The highest BCUT2D eigenvalue weighted by Gasteiger charge is 2.40. The molecule has 1 aliphatic heterocycles. The highest BCUT2D eigenvalue weighted by Crippen LogP contribution is 2.37. The van der Waals surface area contributed by atoms with Gasteiger partial charge in [-0.15, -0.1) is 0 Å². The highest BCUT2D eigenvalue weighted by atomic mass is 16.7. The summed E-state index contributed by atoms with van der Waals surface area (Å²) in [5.41, 5.74) is 1.10. The molecule has 2 aromatic rings. The molecule has 1 N–H and O–H groups in total. The molecule has 1 saturated carbocycles. The number of para-hydroxylation sites is 1. The normalized spacial score (nSPS) is 20.7. The fraction of sp³-hybridized carbons (Fsp3) is 0.526. The number of ether oxygens (including phenoxy) is 2. The third-order valence-corrected chi connectivity index (χ3v) is 5.26. The van der Waals surface area contributed by atoms with Crippen molar-refractivity contribution >= 4 is 16.8 Å². The molecule has 5 heteroatoms. The Kier molecular flexibility index (Phi) is 4.29. The second-order valence-corrected chi connectivity index (χ2v) is 6.86. The number of carbonyl (C=O) groups excluding carboxylic acids is 1. The summed E-state index contributed by atoms with van der Waals surface area (Å²) in [6.07, 6.45) is 5.95. The van der Waals surface area contributed by atoms with E-state index in [1.165, 1.54) is 5.39 Å². The van der Waals surface area contributed by atoms with Crippen LogP contribution in [0.4, 0.5) is 0 Å². The van der Waals surface area contributed by atoms with E-state index in [4.69, 9.17) is 9.47 Å². The maximum atomic E-state index is 12.3. The number of hydrogen-bond donors (Lipinski definition) is 1. The van der Waals surface area contributed by atoms with Gasteiger partial charge < -0.3 is 19.4 Å². The Labute approximate surface area is 141 Å². The van der Waals surface area contributed by atoms with E-state index in [2.05, 4.69) is 11.4 Å². The molecule has 24 heavy (non-hydrogen) atoms. The standard InChI is InChI=1S/C19H24N2O3/c22-18(14-21-10-7-16-3-1-2-4-17(16)21)20-13-15-5-8-19(9-6-15)23-11-12-24-19/h1-4,7,10,15H,5-6,8-9,11-14H2,(H,20,22). The van der Waals surface area contributed by atoms with E-state index >= 15 is 0 Å². The molecule has 4 rings (SSSR count). The number of nitrogens with one attached hydrogen (secondary N) is 1. The maximum absolute atomic E-state index is 12.3. The smallest absolute Gasteiger partial charge is 0.239 e. The van der Waals surface area contributed by atoms with Crippen molar-refractivity contribution in [2.24, 2.45) is 5.92 Å². The first kappa shape index (κ1) is 15.7. The van der Waals surface area contributed by atoms with Gasteiger partial charge in [-0.25, -0.2) is 0 Å². The van der Waals surface area contributed by atoms with Gasteiger partial charge in [0, 0.05) is 31.1 Å². The van der Waals surface area contributed by atoms with Gasteiger partial charge in [0.15, 0.2) is 5.79 Å². The molecule has 128 valence electrons. The van der Waals surface area contributed by atoms with Crippen molar-refractivity contribution in [1.29, 1.82) is 0 Å². The summed E-state index contributed by atoms with van der Waals surface area (Å²) in [4.78, 5) is 12.3. The second-order valence-electron chi connectivity index (χ2n) is 6.86. The van der Waals surface area contributed by atoms with E-state index in [1.54, 1.807) is 0 Å². The van der Waals surface area contributed by atoms with Crippen LogP contribution in [-0.2, 0) is 20.8 Å². The molecule has 2 fully saturated rings. The Morgan fingerprint density at radius 1 is 1.17 bits per heavy atom. The first-order valence-electron chi connectivity index (χ1n) is 8.83. The zero-order chi connectivity index (χ0) is 16.4. The van der Waals surface area contributed by atoms with Crippen molar-refractivity contribution in [3.05, 3.63) is 36.5 Å². The first-order valence-corrected chi connectivity index (χ1v) is 8.83. The number of aromatic nitrogens is 1. The molecule has 1 aliphatic carbocycles. The van der Waals surface area contributed by atoms with Crippen LogP contribution in [0.15, 0.2) is 36.5 Å². The van der Waals surface area contributed by atoms with Gasteiger partial charge >= 0.3 is 0 Å². The van der Waals surface area contributed by atoms with Gasteiger partial charge in [0.1, 0.15) is 6.54 Å². The summed E-state index contributed by atoms with van der Waals surface area (Å²) in [5, 5.41) is 4.26. The average molecular weight is 328 g/mol. The van der Waals surface area contributed by atoms with Crippen LogP contribution in [0.25, 0.3) is 10.9 Å². The predicted octanol–water partition coefficient (Wildman–Crippen LogP) is 2.69. The fourth-order valence-corrected chi connectivity index (χ4v) is 3.85. The molecule has 0 bridgehead atoms. The quantitative estimate of drug-likeness (QED) is 0.939. The van der Waals surface area contributed by atoms with Crippen LogP contribution in [0.2, 0.25) is 0 Å². The number of carbonyl (C=O) groups is 1. The molecule has 1 aromatic carbocycles. The summed E-state index contributed by atoms with van der Waals surface area (Å²) in [6.45, 7) is 2.54. The number of hydrogen-bond acceptors (Lipinski definition) is 3. The molecule has 2 aliphatic rings. The van der Waals surface area contributed by atoms with Crippen molar-refractivity contribution in [2.75, 3.05) is 19.8 Å². The SMILES string of the molecule is O=C(Cn1ccc2ccccc21)NCC1CCC2(CC1)OCCO2. The van der Waals surface area contributed by atoms with E-state index in [0.717, 1.165) is 37.7 Å². The number of nitrogens with zero attached hydrogens (tertiary/aromatic N) is 1. The Balaban J connectivity index is 1.27. The van der Waals surface area contributed by atoms with Gasteiger partial charge in [-0.1, -0.05) is 18.2 Å². The van der Waals surface area contributed by atoms with Crippen LogP contribution in [0, 0.1) is 5.92 Å². The third kappa shape index (κ3) is 3.19. The summed E-state index contributed by atoms with van der Waals surface area (Å²) in [5.74, 6) is 0.281. The van der Waals surface area contributed by atoms with E-state index in [9.17, 15) is 4.79 Å². The Bertz CT molecular complexity index is 708. The van der Waals surface area contributed by atoms with Crippen molar-refractivity contribution < 1.29 is 14.3 Å². The monoisotopic (exact) mass is 328 g/mol. The lowest BCUT2D eigenvalue weighted by molar-refractivity contribution is -0.182. The van der Waals surface area contributed by atoms with Crippen LogP contribution < -0.4 is 5.32 Å². The Morgan fingerprint density at radius 3 is 2.71 bits per heavy atom. The van der Waals surface area contributed by atoms with Gasteiger partial charge in [0.05, 0.1) is 13.2 Å². The summed E-state index contributed by atoms with van der Waals surface area (Å²) >= 11 is 0. The maximum Gasteiger partial charge on any atom is 0.239 e. The minimum Gasteiger partial charge on any atom is -0.354 e. The fourth-order valence-electron chi connectivity index (χ4n) is 3.85. The molecule has 0 unspecified atom stereocenters. The molecule has 0 radical (unpaired) electrons. The number of amides is 1. The minimum atomic E-state index is -0.315. The molecule has 5 nitrogen and oxygen atoms in total. The zero-order valence-electron chi connectivity index (χ0n) is 13.9. The predicted molar refractivity (Wildman–Crippen MR) is 91.5 cm³/mol. The molecule has 1 aromatic heterocycles. The zero-order valence-corrected chi connectivity index (χ0v) is 13.9. The van der Waals surface area contributed by atoms with Gasteiger partial charge in [-0.05, 0) is 36.3 Å². The molecule has 1 amide bonds. The lowest BCUT2D eigenvalue weighted by atomic mass is 9.85. The molecular weight excluding hydrogens is 304 g/mol. The topological polar surface area (TPSA) is 52.5 Å². The van der Waals surface area contributed by atoms with Crippen molar-refractivity contribution in [3.63, 3.8) is 0 Å². The Morgan fingerprint density at radius 2 is 1.92 bits per heavy atom. The summed E-state index contributed by atoms with van der Waals surface area (Å²) in [7, 11) is 0. The van der Waals surface area contributed by atoms with Crippen molar-refractivity contribution in [2.45, 2.75) is 38.0 Å². The van der Waals surface area contributed by atoms with E-state index < -0.39 is 0 Å². The van der Waals surface area contributed by atoms with E-state index in [0.29, 0.717) is 25.7 Å². The molecule has 1 spiro atoms. The van der Waals surface area contributed by atoms with E-state index in [1.807, 2.05) is 35.0 Å². The van der Waals surface area contributed by atoms with Crippen molar-refractivity contribution in [3.8, 4) is 0 Å². The molecular formula is C19H24N2O3. The molecule has 2 heterocycles. The summed E-state index contributed by atoms with van der Waals surface area (Å²) in [6, 6.07) is 10.2. The Hall–Kier alpha value is -1.85. The second kappa shape index (κ2) is 6.57. The number of benzene rings is 1. The largest absolute Gasteiger partial charge is 0.354 e. The van der Waals surface area contributed by atoms with Gasteiger partial charge in [-0.2, -0.15) is 0 Å². The first-order chi connectivity index (χ1) is 11.7. The molecule has 1 saturated heterocycles. The van der Waals surface area contributed by atoms with E-state index in [-0.39, 0.29) is 11.7 Å². The lowest BCUT2D eigenvalue weighted by Gasteiger charge is -2.35. The number of fused-ring (bicyclic) bond motifs is 1. The lowest BCUT2D eigenvalue weighted by Crippen LogP contribution is -2.39. The van der Waals surface area contributed by atoms with Crippen molar-refractivity contribution in [1.82, 2.24) is 9.88 Å².